The van der Waals surface area contributed by atoms with Gasteiger partial charge in [0.1, 0.15) is 0 Å². The van der Waals surface area contributed by atoms with Crippen LogP contribution in [0, 0.1) is 5.92 Å². The van der Waals surface area contributed by atoms with Crippen LogP contribution in [0.25, 0.3) is 0 Å². The van der Waals surface area contributed by atoms with Crippen LogP contribution in [0.15, 0.2) is 0 Å². The molecule has 5 nitrogen and oxygen atoms in total. The van der Waals surface area contributed by atoms with E-state index < -0.39 is 11.4 Å². The summed E-state index contributed by atoms with van der Waals surface area (Å²) >= 11 is 0. The summed E-state index contributed by atoms with van der Waals surface area (Å²) in [6.07, 6.45) is 3.19. The smallest absolute Gasteiger partial charge is 0.237 e. The van der Waals surface area contributed by atoms with Gasteiger partial charge < -0.3 is 21.1 Å². The number of carbonyl (C=O) groups is 1. The van der Waals surface area contributed by atoms with E-state index in [0.29, 0.717) is 6.42 Å². The number of amides is 1. The van der Waals surface area contributed by atoms with Crippen LogP contribution >= 0.6 is 0 Å². The molecule has 1 aliphatic carbocycles. The van der Waals surface area contributed by atoms with Crippen LogP contribution in [0.3, 0.4) is 0 Å². The fraction of sp³-hybridized carbons (Fsp3) is 0.923. The maximum Gasteiger partial charge on any atom is 0.237 e. The lowest BCUT2D eigenvalue weighted by atomic mass is 9.93. The second-order valence-electron chi connectivity index (χ2n) is 5.83. The molecule has 2 atom stereocenters. The van der Waals surface area contributed by atoms with E-state index in [1.165, 1.54) is 12.8 Å². The average Bonchev–Trinajstić information content (AvgIpc) is 3.07. The minimum Gasteiger partial charge on any atom is -0.380 e. The summed E-state index contributed by atoms with van der Waals surface area (Å²) in [7, 11) is 2.02. The summed E-state index contributed by atoms with van der Waals surface area (Å²) in [5, 5.41) is 0. The summed E-state index contributed by atoms with van der Waals surface area (Å²) in [5.41, 5.74) is 10.2. The number of hydrogen-bond donors (Lipinski definition) is 2. The molecule has 0 aromatic carbocycles. The summed E-state index contributed by atoms with van der Waals surface area (Å²) in [4.78, 5) is 13.3. The van der Waals surface area contributed by atoms with Crippen molar-refractivity contribution in [1.82, 2.24) is 4.90 Å². The van der Waals surface area contributed by atoms with Crippen molar-refractivity contribution in [2.45, 2.75) is 44.7 Å². The Morgan fingerprint density at radius 2 is 2.17 bits per heavy atom. The van der Waals surface area contributed by atoms with Gasteiger partial charge in [-0.05, 0) is 46.1 Å². The highest BCUT2D eigenvalue weighted by Crippen LogP contribution is 2.28. The molecule has 0 saturated heterocycles. The molecule has 106 valence electrons. The first kappa shape index (κ1) is 15.4. The Kier molecular flexibility index (Phi) is 5.56. The van der Waals surface area contributed by atoms with Crippen molar-refractivity contribution in [2.75, 3.05) is 26.8 Å². The van der Waals surface area contributed by atoms with E-state index in [0.717, 1.165) is 25.7 Å². The van der Waals surface area contributed by atoms with Crippen LogP contribution in [0.5, 0.6) is 0 Å². The Labute approximate surface area is 110 Å². The first-order valence-electron chi connectivity index (χ1n) is 6.69. The lowest BCUT2D eigenvalue weighted by Gasteiger charge is -2.30. The fourth-order valence-corrected chi connectivity index (χ4v) is 1.83. The van der Waals surface area contributed by atoms with Crippen LogP contribution in [0.2, 0.25) is 0 Å². The third kappa shape index (κ3) is 5.33. The number of primary amides is 1. The zero-order valence-electron chi connectivity index (χ0n) is 11.8. The van der Waals surface area contributed by atoms with Crippen molar-refractivity contribution in [3.8, 4) is 0 Å². The molecular formula is C13H27N3O2. The molecule has 1 saturated carbocycles. The lowest BCUT2D eigenvalue weighted by molar-refractivity contribution is -0.123. The van der Waals surface area contributed by atoms with Gasteiger partial charge in [0.05, 0.1) is 12.1 Å². The Balaban J connectivity index is 2.18. The zero-order valence-corrected chi connectivity index (χ0v) is 11.8. The van der Waals surface area contributed by atoms with Crippen LogP contribution in [-0.4, -0.2) is 49.2 Å². The van der Waals surface area contributed by atoms with E-state index in [4.69, 9.17) is 16.2 Å². The summed E-state index contributed by atoms with van der Waals surface area (Å²) in [6, 6.07) is 0.206. The number of likely N-dealkylation sites (N-methyl/N-ethyl adjacent to an activating group) is 1. The van der Waals surface area contributed by atoms with Gasteiger partial charge >= 0.3 is 0 Å². The third-order valence-corrected chi connectivity index (χ3v) is 3.67. The van der Waals surface area contributed by atoms with E-state index in [1.54, 1.807) is 6.92 Å². The Morgan fingerprint density at radius 1 is 1.56 bits per heavy atom. The Morgan fingerprint density at radius 3 is 2.67 bits per heavy atom. The molecule has 5 heteroatoms. The zero-order chi connectivity index (χ0) is 13.8. The highest BCUT2D eigenvalue weighted by atomic mass is 16.5. The molecule has 0 aliphatic heterocycles. The van der Waals surface area contributed by atoms with Gasteiger partial charge in [-0.15, -0.1) is 0 Å². The monoisotopic (exact) mass is 257 g/mol. The Bertz CT molecular complexity index is 277. The highest BCUT2D eigenvalue weighted by molar-refractivity contribution is 5.83. The molecular weight excluding hydrogens is 230 g/mol. The van der Waals surface area contributed by atoms with Gasteiger partial charge in [0.25, 0.3) is 0 Å². The quantitative estimate of drug-likeness (QED) is 0.583. The summed E-state index contributed by atoms with van der Waals surface area (Å²) in [6.45, 7) is 6.20. The molecule has 1 aliphatic rings. The molecule has 1 amide bonds. The van der Waals surface area contributed by atoms with E-state index in [-0.39, 0.29) is 6.04 Å². The van der Waals surface area contributed by atoms with Crippen molar-refractivity contribution in [2.24, 2.45) is 17.4 Å². The minimum atomic E-state index is -0.942. The van der Waals surface area contributed by atoms with Crippen molar-refractivity contribution < 1.29 is 9.53 Å². The van der Waals surface area contributed by atoms with Crippen molar-refractivity contribution in [3.63, 3.8) is 0 Å². The van der Waals surface area contributed by atoms with Crippen molar-refractivity contribution >= 4 is 5.91 Å². The predicted octanol–water partition coefficient (Wildman–Crippen LogP) is 0.326. The summed E-state index contributed by atoms with van der Waals surface area (Å²) < 4.78 is 5.59. The standard InChI is InChI=1S/C13H27N3O2/c1-10(8-13(2,15)12(14)17)16(3)6-7-18-9-11-4-5-11/h10-11H,4-9,15H2,1-3H3,(H2,14,17). The average molecular weight is 257 g/mol. The number of hydrogen-bond acceptors (Lipinski definition) is 4. The van der Waals surface area contributed by atoms with E-state index in [9.17, 15) is 4.79 Å². The van der Waals surface area contributed by atoms with Gasteiger partial charge in [0.15, 0.2) is 0 Å². The number of nitrogens with two attached hydrogens (primary N) is 2. The number of rotatable bonds is 9. The minimum absolute atomic E-state index is 0.206. The van der Waals surface area contributed by atoms with Gasteiger partial charge in [0.2, 0.25) is 5.91 Å². The van der Waals surface area contributed by atoms with E-state index >= 15 is 0 Å². The molecule has 0 radical (unpaired) electrons. The van der Waals surface area contributed by atoms with E-state index in [2.05, 4.69) is 11.8 Å². The summed E-state index contributed by atoms with van der Waals surface area (Å²) in [5.74, 6) is 0.350. The number of ether oxygens (including phenoxy) is 1. The Hall–Kier alpha value is -0.650. The maximum atomic E-state index is 11.2. The normalized spacial score (nSPS) is 20.7. The van der Waals surface area contributed by atoms with Gasteiger partial charge in [-0.2, -0.15) is 0 Å². The van der Waals surface area contributed by atoms with Crippen LogP contribution in [0.4, 0.5) is 0 Å². The molecule has 2 unspecified atom stereocenters. The van der Waals surface area contributed by atoms with Gasteiger partial charge in [0, 0.05) is 19.2 Å². The SMILES string of the molecule is CC(CC(C)(N)C(N)=O)N(C)CCOCC1CC1. The molecule has 1 rings (SSSR count). The van der Waals surface area contributed by atoms with E-state index in [1.807, 2.05) is 7.05 Å². The molecule has 0 spiro atoms. The second-order valence-corrected chi connectivity index (χ2v) is 5.83. The molecule has 0 heterocycles. The molecule has 0 aromatic heterocycles. The highest BCUT2D eigenvalue weighted by Gasteiger charge is 2.29. The van der Waals surface area contributed by atoms with Gasteiger partial charge in [-0.3, -0.25) is 4.79 Å². The molecule has 0 aromatic rings. The first-order valence-corrected chi connectivity index (χ1v) is 6.69. The maximum absolute atomic E-state index is 11.2. The first-order chi connectivity index (χ1) is 8.33. The fourth-order valence-electron chi connectivity index (χ4n) is 1.83. The lowest BCUT2D eigenvalue weighted by Crippen LogP contribution is -2.53. The number of nitrogens with zero attached hydrogens (tertiary/aromatic N) is 1. The molecule has 0 bridgehead atoms. The molecule has 18 heavy (non-hydrogen) atoms. The second kappa shape index (κ2) is 6.50. The predicted molar refractivity (Wildman–Crippen MR) is 72.0 cm³/mol. The largest absolute Gasteiger partial charge is 0.380 e. The van der Waals surface area contributed by atoms with Crippen LogP contribution < -0.4 is 11.5 Å². The molecule has 1 fully saturated rings. The van der Waals surface area contributed by atoms with Crippen LogP contribution in [0.1, 0.15) is 33.1 Å². The van der Waals surface area contributed by atoms with Gasteiger partial charge in [-0.25, -0.2) is 0 Å². The van der Waals surface area contributed by atoms with Crippen LogP contribution in [-0.2, 0) is 9.53 Å². The topological polar surface area (TPSA) is 81.6 Å². The third-order valence-electron chi connectivity index (χ3n) is 3.67. The molecule has 4 N–H and O–H groups in total. The van der Waals surface area contributed by atoms with Crippen molar-refractivity contribution in [3.05, 3.63) is 0 Å². The number of carbonyl (C=O) groups excluding carboxylic acids is 1. The van der Waals surface area contributed by atoms with Crippen molar-refractivity contribution in [1.29, 1.82) is 0 Å². The van der Waals surface area contributed by atoms with Gasteiger partial charge in [-0.1, -0.05) is 0 Å².